The van der Waals surface area contributed by atoms with Crippen LogP contribution in [0.1, 0.15) is 25.8 Å². The predicted octanol–water partition coefficient (Wildman–Crippen LogP) is 1.47. The van der Waals surface area contributed by atoms with E-state index in [1.807, 2.05) is 6.92 Å². The maximum absolute atomic E-state index is 14.0. The second-order valence-electron chi connectivity index (χ2n) is 8.43. The van der Waals surface area contributed by atoms with Crippen LogP contribution < -0.4 is 5.32 Å². The molecule has 4 rings (SSSR count). The summed E-state index contributed by atoms with van der Waals surface area (Å²) in [6.45, 7) is 4.10. The summed E-state index contributed by atoms with van der Waals surface area (Å²) in [6, 6.07) is 3.01. The Bertz CT molecular complexity index is 1010. The minimum absolute atomic E-state index is 0.0610. The van der Waals surface area contributed by atoms with Gasteiger partial charge in [0.05, 0.1) is 13.2 Å². The average molecular weight is 449 g/mol. The summed E-state index contributed by atoms with van der Waals surface area (Å²) in [7, 11) is 0. The Morgan fingerprint density at radius 3 is 2.81 bits per heavy atom. The Morgan fingerprint density at radius 1 is 1.38 bits per heavy atom. The Balaban J connectivity index is 1.66. The third-order valence-electron chi connectivity index (χ3n) is 6.74. The van der Waals surface area contributed by atoms with E-state index in [2.05, 4.69) is 5.32 Å². The van der Waals surface area contributed by atoms with E-state index in [-0.39, 0.29) is 30.9 Å². The number of nitrogens with one attached hydrogen (secondary N) is 1. The number of benzene rings is 1. The van der Waals surface area contributed by atoms with E-state index in [4.69, 9.17) is 4.74 Å². The van der Waals surface area contributed by atoms with Crippen molar-refractivity contribution in [1.82, 2.24) is 15.1 Å². The highest BCUT2D eigenvalue weighted by Gasteiger charge is 2.58. The van der Waals surface area contributed by atoms with Crippen LogP contribution in [-0.4, -0.2) is 65.0 Å². The van der Waals surface area contributed by atoms with Gasteiger partial charge in [-0.3, -0.25) is 14.4 Å². The first kappa shape index (κ1) is 22.2. The third-order valence-corrected chi connectivity index (χ3v) is 6.74. The number of piperazine rings is 1. The molecule has 1 unspecified atom stereocenters. The zero-order valence-corrected chi connectivity index (χ0v) is 17.9. The lowest BCUT2D eigenvalue weighted by molar-refractivity contribution is -0.156. The van der Waals surface area contributed by atoms with Gasteiger partial charge in [0.25, 0.3) is 5.91 Å². The monoisotopic (exact) mass is 449 g/mol. The van der Waals surface area contributed by atoms with Crippen LogP contribution in [0.3, 0.4) is 0 Å². The van der Waals surface area contributed by atoms with E-state index >= 15 is 0 Å². The number of carbonyl (C=O) groups excluding carboxylic acids is 3. The molecule has 32 heavy (non-hydrogen) atoms. The molecule has 2 N–H and O–H groups in total. The summed E-state index contributed by atoms with van der Waals surface area (Å²) in [5, 5.41) is 13.4. The van der Waals surface area contributed by atoms with Crippen molar-refractivity contribution in [2.24, 2.45) is 11.3 Å². The van der Waals surface area contributed by atoms with Gasteiger partial charge in [-0.25, -0.2) is 8.78 Å². The molecule has 0 bridgehead atoms. The molecule has 3 heterocycles. The van der Waals surface area contributed by atoms with Crippen LogP contribution in [0.2, 0.25) is 0 Å². The molecule has 3 aliphatic heterocycles. The smallest absolute Gasteiger partial charge is 0.276 e. The molecule has 1 aromatic carbocycles. The molecule has 10 heteroatoms. The van der Waals surface area contributed by atoms with Crippen LogP contribution in [0, 0.1) is 23.0 Å². The quantitative estimate of drug-likeness (QED) is 0.661. The van der Waals surface area contributed by atoms with E-state index in [0.29, 0.717) is 25.6 Å². The first-order valence-electron chi connectivity index (χ1n) is 10.6. The molecule has 0 spiro atoms. The molecule has 0 aliphatic carbocycles. The van der Waals surface area contributed by atoms with Gasteiger partial charge < -0.3 is 25.0 Å². The number of fused-ring (bicyclic) bond motifs is 2. The van der Waals surface area contributed by atoms with Gasteiger partial charge in [0.15, 0.2) is 5.76 Å². The van der Waals surface area contributed by atoms with Crippen molar-refractivity contribution < 1.29 is 33.0 Å². The van der Waals surface area contributed by atoms with E-state index < -0.39 is 52.6 Å². The van der Waals surface area contributed by atoms with Gasteiger partial charge >= 0.3 is 0 Å². The maximum Gasteiger partial charge on any atom is 0.276 e. The number of Topliss-reactive ketones (excluding diaryl/α,β-unsaturated/α-hetero) is 1. The zero-order chi connectivity index (χ0) is 23.2. The topological polar surface area (TPSA) is 99.2 Å². The van der Waals surface area contributed by atoms with Crippen molar-refractivity contribution >= 4 is 17.6 Å². The molecule has 2 saturated heterocycles. The molecular weight excluding hydrogens is 424 g/mol. The number of hydrogen-bond acceptors (Lipinski definition) is 6. The highest BCUT2D eigenvalue weighted by molar-refractivity contribution is 6.17. The molecule has 2 fully saturated rings. The third kappa shape index (κ3) is 3.33. The fourth-order valence-corrected chi connectivity index (χ4v) is 4.67. The Hall–Kier alpha value is -3.01. The fraction of sp³-hybridized carbons (Fsp3) is 0.500. The minimum Gasteiger partial charge on any atom is -0.503 e. The molecule has 3 atom stereocenters. The van der Waals surface area contributed by atoms with Crippen LogP contribution in [0.25, 0.3) is 0 Å². The van der Waals surface area contributed by atoms with Crippen molar-refractivity contribution in [3.63, 3.8) is 0 Å². The van der Waals surface area contributed by atoms with Crippen molar-refractivity contribution in [2.75, 3.05) is 26.2 Å². The van der Waals surface area contributed by atoms with Gasteiger partial charge in [-0.15, -0.1) is 0 Å². The number of carbonyl (C=O) groups is 3. The largest absolute Gasteiger partial charge is 0.503 e. The van der Waals surface area contributed by atoms with Gasteiger partial charge in [0.1, 0.15) is 29.0 Å². The molecule has 3 aliphatic rings. The van der Waals surface area contributed by atoms with E-state index in [0.717, 1.165) is 6.07 Å². The zero-order valence-electron chi connectivity index (χ0n) is 17.9. The maximum atomic E-state index is 14.0. The highest BCUT2D eigenvalue weighted by atomic mass is 19.1. The van der Waals surface area contributed by atoms with Crippen LogP contribution >= 0.6 is 0 Å². The number of aliphatic hydroxyl groups excluding tert-OH is 1. The lowest BCUT2D eigenvalue weighted by Gasteiger charge is -2.48. The molecule has 0 saturated carbocycles. The Labute approximate surface area is 183 Å². The van der Waals surface area contributed by atoms with Gasteiger partial charge in [0, 0.05) is 31.3 Å². The average Bonchev–Trinajstić information content (AvgIpc) is 3.23. The molecule has 0 aromatic heterocycles. The number of ether oxygens (including phenoxy) is 1. The number of ketones is 1. The standard InChI is InChI=1S/C22H25F2N3O5/c1-3-12(2)22(21(31)25-9-13-4-5-14(23)8-15(13)24)11-26-10-16-27(6-7-32-16)20(30)17(26)18(28)19(22)29/h4-5,8,12,16,28H,3,6-7,9-11H2,1-2H3,(H,25,31)/t12-,16+,22?/m0/s1. The van der Waals surface area contributed by atoms with E-state index in [1.54, 1.807) is 6.92 Å². The molecular formula is C22H25F2N3O5. The van der Waals surface area contributed by atoms with Crippen LogP contribution in [0.4, 0.5) is 8.78 Å². The lowest BCUT2D eigenvalue weighted by Crippen LogP contribution is -2.64. The summed E-state index contributed by atoms with van der Waals surface area (Å²) < 4.78 is 32.8. The first-order valence-corrected chi connectivity index (χ1v) is 10.6. The lowest BCUT2D eigenvalue weighted by atomic mass is 9.67. The molecule has 0 radical (unpaired) electrons. The van der Waals surface area contributed by atoms with Crippen LogP contribution in [-0.2, 0) is 25.7 Å². The van der Waals surface area contributed by atoms with Crippen molar-refractivity contribution in [2.45, 2.75) is 33.0 Å². The fourth-order valence-electron chi connectivity index (χ4n) is 4.67. The Kier molecular flexibility index (Phi) is 5.66. The summed E-state index contributed by atoms with van der Waals surface area (Å²) in [5.41, 5.74) is -1.74. The predicted molar refractivity (Wildman–Crippen MR) is 108 cm³/mol. The Morgan fingerprint density at radius 2 is 2.12 bits per heavy atom. The molecule has 172 valence electrons. The summed E-state index contributed by atoms with van der Waals surface area (Å²) in [6.07, 6.45) is -0.0705. The second kappa shape index (κ2) is 8.16. The second-order valence-corrected chi connectivity index (χ2v) is 8.43. The van der Waals surface area contributed by atoms with Gasteiger partial charge in [-0.2, -0.15) is 0 Å². The number of aliphatic hydroxyl groups is 1. The molecule has 8 nitrogen and oxygen atoms in total. The number of halogens is 2. The van der Waals surface area contributed by atoms with Crippen molar-refractivity contribution in [3.8, 4) is 0 Å². The number of nitrogens with zero attached hydrogens (tertiary/aromatic N) is 2. The van der Waals surface area contributed by atoms with E-state index in [9.17, 15) is 28.3 Å². The highest BCUT2D eigenvalue weighted by Crippen LogP contribution is 2.42. The normalized spacial score (nSPS) is 26.2. The van der Waals surface area contributed by atoms with Gasteiger partial charge in [-0.1, -0.05) is 26.3 Å². The number of allylic oxidation sites excluding steroid dienone is 1. The van der Waals surface area contributed by atoms with Crippen molar-refractivity contribution in [3.05, 3.63) is 46.9 Å². The van der Waals surface area contributed by atoms with Crippen LogP contribution in [0.5, 0.6) is 0 Å². The van der Waals surface area contributed by atoms with Crippen LogP contribution in [0.15, 0.2) is 29.7 Å². The van der Waals surface area contributed by atoms with Gasteiger partial charge in [0.2, 0.25) is 11.7 Å². The molecule has 1 aromatic rings. The first-order chi connectivity index (χ1) is 15.2. The van der Waals surface area contributed by atoms with E-state index in [1.165, 1.54) is 15.9 Å². The number of amides is 2. The van der Waals surface area contributed by atoms with Gasteiger partial charge in [-0.05, 0) is 12.0 Å². The summed E-state index contributed by atoms with van der Waals surface area (Å²) in [4.78, 5) is 42.6. The summed E-state index contributed by atoms with van der Waals surface area (Å²) in [5.74, 6) is -4.81. The van der Waals surface area contributed by atoms with Crippen molar-refractivity contribution in [1.29, 1.82) is 0 Å². The molecule has 2 amide bonds. The number of rotatable bonds is 5. The summed E-state index contributed by atoms with van der Waals surface area (Å²) >= 11 is 0. The SMILES string of the molecule is CC[C@H](C)C1(C(=O)NCc2ccc(F)cc2F)CN2C[C@H]3OCCN3C(=O)C2=C(O)C1=O. The number of hydrogen-bond donors (Lipinski definition) is 2. The minimum atomic E-state index is -1.68.